The second kappa shape index (κ2) is 4.82. The number of hydrogen-bond acceptors (Lipinski definition) is 3. The van der Waals surface area contributed by atoms with Gasteiger partial charge in [-0.15, -0.1) is 0 Å². The van der Waals surface area contributed by atoms with Crippen molar-refractivity contribution in [2.45, 2.75) is 39.3 Å². The summed E-state index contributed by atoms with van der Waals surface area (Å²) in [4.78, 5) is 16.3. The number of rotatable bonds is 4. The van der Waals surface area contributed by atoms with Crippen LogP contribution in [0, 0.1) is 5.92 Å². The third-order valence-corrected chi connectivity index (χ3v) is 2.72. The number of methoxy groups -OCH3 is 1. The van der Waals surface area contributed by atoms with Crippen molar-refractivity contribution in [2.75, 3.05) is 13.7 Å². The van der Waals surface area contributed by atoms with E-state index in [0.29, 0.717) is 12.6 Å². The Hall–Kier alpha value is -1.10. The topological polar surface area (TPSA) is 62.7 Å². The third kappa shape index (κ3) is 2.35. The molecule has 1 amide bonds. The van der Waals surface area contributed by atoms with E-state index in [1.807, 2.05) is 27.7 Å². The van der Waals surface area contributed by atoms with E-state index in [1.165, 1.54) is 0 Å². The molecular weight excluding hydrogens is 206 g/mol. The molecule has 92 valence electrons. The molecule has 5 nitrogen and oxygen atoms in total. The van der Waals surface area contributed by atoms with Gasteiger partial charge in [-0.3, -0.25) is 15.1 Å². The van der Waals surface area contributed by atoms with Gasteiger partial charge in [0.05, 0.1) is 6.61 Å². The van der Waals surface area contributed by atoms with E-state index in [1.54, 1.807) is 7.11 Å². The van der Waals surface area contributed by atoms with Crippen molar-refractivity contribution in [1.82, 2.24) is 10.6 Å². The van der Waals surface area contributed by atoms with Crippen LogP contribution in [0.1, 0.15) is 27.7 Å². The van der Waals surface area contributed by atoms with E-state index in [9.17, 15) is 4.79 Å². The smallest absolute Gasteiger partial charge is 0.255 e. The van der Waals surface area contributed by atoms with Crippen molar-refractivity contribution in [3.8, 4) is 0 Å². The monoisotopic (exact) mass is 227 g/mol. The van der Waals surface area contributed by atoms with Crippen molar-refractivity contribution in [1.29, 1.82) is 0 Å². The molecule has 0 aromatic heterocycles. The van der Waals surface area contributed by atoms with Crippen LogP contribution in [0.5, 0.6) is 0 Å². The summed E-state index contributed by atoms with van der Waals surface area (Å²) in [6.45, 7) is 8.25. The van der Waals surface area contributed by atoms with Gasteiger partial charge in [-0.25, -0.2) is 0 Å². The average molecular weight is 227 g/mol. The molecule has 1 saturated heterocycles. The highest BCUT2D eigenvalue weighted by Gasteiger charge is 2.47. The Morgan fingerprint density at radius 1 is 1.38 bits per heavy atom. The molecule has 5 heteroatoms. The quantitative estimate of drug-likeness (QED) is 0.735. The van der Waals surface area contributed by atoms with Gasteiger partial charge in [0, 0.05) is 13.2 Å². The molecule has 2 N–H and O–H groups in total. The molecule has 1 aliphatic heterocycles. The summed E-state index contributed by atoms with van der Waals surface area (Å²) < 4.78 is 5.14. The zero-order valence-electron chi connectivity index (χ0n) is 10.6. The van der Waals surface area contributed by atoms with Gasteiger partial charge in [-0.2, -0.15) is 0 Å². The maximum atomic E-state index is 12.0. The van der Waals surface area contributed by atoms with Gasteiger partial charge in [0.25, 0.3) is 5.91 Å². The number of amides is 1. The lowest BCUT2D eigenvalue weighted by Crippen LogP contribution is -2.55. The summed E-state index contributed by atoms with van der Waals surface area (Å²) >= 11 is 0. The number of carbonyl (C=O) groups is 1. The Bertz CT molecular complexity index is 300. The van der Waals surface area contributed by atoms with Crippen molar-refractivity contribution in [2.24, 2.45) is 10.9 Å². The number of nitrogens with zero attached hydrogens (tertiary/aromatic N) is 1. The Balaban J connectivity index is 2.92. The molecular formula is C11H21N3O2. The largest absolute Gasteiger partial charge is 0.382 e. The molecule has 0 aromatic rings. The first-order valence-corrected chi connectivity index (χ1v) is 5.58. The molecule has 0 bridgehead atoms. The standard InChI is InChI=1S/C11H21N3O2/c1-7(2)11(6-16-5)9(15)13-10(14-11)12-8(3)4/h7-8H,6H2,1-5H3,(H2,12,13,14,15). The van der Waals surface area contributed by atoms with Crippen LogP contribution in [-0.4, -0.2) is 37.2 Å². The highest BCUT2D eigenvalue weighted by molar-refractivity contribution is 6.09. The minimum Gasteiger partial charge on any atom is -0.382 e. The van der Waals surface area contributed by atoms with Crippen LogP contribution in [0.15, 0.2) is 4.99 Å². The van der Waals surface area contributed by atoms with Gasteiger partial charge >= 0.3 is 0 Å². The summed E-state index contributed by atoms with van der Waals surface area (Å²) in [6.07, 6.45) is 0. The van der Waals surface area contributed by atoms with Crippen LogP contribution in [0.3, 0.4) is 0 Å². The number of aliphatic imine (C=N–C) groups is 1. The van der Waals surface area contributed by atoms with E-state index in [0.717, 1.165) is 0 Å². The third-order valence-electron chi connectivity index (χ3n) is 2.72. The Labute approximate surface area is 96.7 Å². The van der Waals surface area contributed by atoms with E-state index >= 15 is 0 Å². The summed E-state index contributed by atoms with van der Waals surface area (Å²) in [7, 11) is 1.59. The van der Waals surface area contributed by atoms with Gasteiger partial charge in [-0.05, 0) is 19.8 Å². The van der Waals surface area contributed by atoms with Crippen molar-refractivity contribution in [3.63, 3.8) is 0 Å². The fourth-order valence-electron chi connectivity index (χ4n) is 1.74. The molecule has 0 radical (unpaired) electrons. The second-order valence-electron chi connectivity index (χ2n) is 4.71. The summed E-state index contributed by atoms with van der Waals surface area (Å²) in [6, 6.07) is 0.147. The molecule has 0 aliphatic carbocycles. The molecule has 16 heavy (non-hydrogen) atoms. The minimum absolute atomic E-state index is 0.0660. The number of carbonyl (C=O) groups excluding carboxylic acids is 1. The second-order valence-corrected chi connectivity index (χ2v) is 4.71. The van der Waals surface area contributed by atoms with Crippen LogP contribution in [0.4, 0.5) is 0 Å². The highest BCUT2D eigenvalue weighted by atomic mass is 16.5. The van der Waals surface area contributed by atoms with Gasteiger partial charge in [0.15, 0.2) is 5.96 Å². The first-order valence-electron chi connectivity index (χ1n) is 5.58. The van der Waals surface area contributed by atoms with Gasteiger partial charge in [0.1, 0.15) is 5.54 Å². The lowest BCUT2D eigenvalue weighted by atomic mass is 9.87. The van der Waals surface area contributed by atoms with Crippen molar-refractivity contribution < 1.29 is 9.53 Å². The van der Waals surface area contributed by atoms with E-state index in [4.69, 9.17) is 4.74 Å². The lowest BCUT2D eigenvalue weighted by Gasteiger charge is -2.29. The molecule has 1 unspecified atom stereocenters. The maximum Gasteiger partial charge on any atom is 0.255 e. The van der Waals surface area contributed by atoms with Crippen molar-refractivity contribution in [3.05, 3.63) is 0 Å². The first kappa shape index (κ1) is 13.0. The van der Waals surface area contributed by atoms with Crippen LogP contribution < -0.4 is 10.6 Å². The number of guanidine groups is 1. The molecule has 1 heterocycles. The highest BCUT2D eigenvalue weighted by Crippen LogP contribution is 2.21. The Kier molecular flexibility index (Phi) is 3.91. The van der Waals surface area contributed by atoms with Gasteiger partial charge in [-0.1, -0.05) is 13.8 Å². The zero-order valence-corrected chi connectivity index (χ0v) is 10.6. The van der Waals surface area contributed by atoms with E-state index in [2.05, 4.69) is 15.6 Å². The Morgan fingerprint density at radius 3 is 2.44 bits per heavy atom. The van der Waals surface area contributed by atoms with Gasteiger partial charge < -0.3 is 10.1 Å². The van der Waals surface area contributed by atoms with E-state index in [-0.39, 0.29) is 17.9 Å². The minimum atomic E-state index is -0.692. The summed E-state index contributed by atoms with van der Waals surface area (Å²) in [5, 5.41) is 5.91. The molecule has 0 aromatic carbocycles. The van der Waals surface area contributed by atoms with Crippen LogP contribution >= 0.6 is 0 Å². The molecule has 1 fully saturated rings. The molecule has 1 atom stereocenters. The predicted octanol–water partition coefficient (Wildman–Crippen LogP) is 0.511. The van der Waals surface area contributed by atoms with Gasteiger partial charge in [0.2, 0.25) is 0 Å². The number of hydrogen-bond donors (Lipinski definition) is 2. The SMILES string of the molecule is COCC1(C(C)C)NC(=NC(C)C)NC1=O. The molecule has 0 saturated carbocycles. The summed E-state index contributed by atoms with van der Waals surface area (Å²) in [5.41, 5.74) is -0.692. The molecule has 0 spiro atoms. The molecule has 1 aliphatic rings. The first-order chi connectivity index (χ1) is 7.42. The summed E-state index contributed by atoms with van der Waals surface area (Å²) in [5.74, 6) is 0.613. The van der Waals surface area contributed by atoms with Crippen LogP contribution in [-0.2, 0) is 9.53 Å². The van der Waals surface area contributed by atoms with Crippen LogP contribution in [0.2, 0.25) is 0 Å². The fourth-order valence-corrected chi connectivity index (χ4v) is 1.74. The zero-order chi connectivity index (χ0) is 12.3. The van der Waals surface area contributed by atoms with E-state index < -0.39 is 5.54 Å². The maximum absolute atomic E-state index is 12.0. The fraction of sp³-hybridized carbons (Fsp3) is 0.818. The van der Waals surface area contributed by atoms with Crippen LogP contribution in [0.25, 0.3) is 0 Å². The Morgan fingerprint density at radius 2 is 2.00 bits per heavy atom. The normalized spacial score (nSPS) is 27.7. The molecule has 1 rings (SSSR count). The predicted molar refractivity (Wildman–Crippen MR) is 63.3 cm³/mol. The number of nitrogens with one attached hydrogen (secondary N) is 2. The number of ether oxygens (including phenoxy) is 1. The average Bonchev–Trinajstić information content (AvgIpc) is 2.43. The lowest BCUT2D eigenvalue weighted by molar-refractivity contribution is -0.127. The van der Waals surface area contributed by atoms with Crippen molar-refractivity contribution >= 4 is 11.9 Å².